The Kier molecular flexibility index (Phi) is 4.80. The number of hydrogen-bond donors (Lipinski definition) is 1. The van der Waals surface area contributed by atoms with Crippen molar-refractivity contribution in [3.63, 3.8) is 0 Å². The van der Waals surface area contributed by atoms with Gasteiger partial charge in [-0.2, -0.15) is 8.42 Å². The molecule has 0 bridgehead atoms. The van der Waals surface area contributed by atoms with E-state index in [1.54, 1.807) is 25.3 Å². The van der Waals surface area contributed by atoms with E-state index in [9.17, 15) is 17.8 Å². The summed E-state index contributed by atoms with van der Waals surface area (Å²) >= 11 is 0. The van der Waals surface area contributed by atoms with E-state index >= 15 is 0 Å². The molecular formula is C20H18O5S. The number of ether oxygens (including phenoxy) is 1. The minimum absolute atomic E-state index is 0.110. The number of rotatable bonds is 5. The Bertz CT molecular complexity index is 1100. The van der Waals surface area contributed by atoms with Crippen molar-refractivity contribution in [3.8, 4) is 16.9 Å². The van der Waals surface area contributed by atoms with Crippen molar-refractivity contribution in [1.82, 2.24) is 0 Å². The van der Waals surface area contributed by atoms with Crippen LogP contribution in [-0.2, 0) is 21.3 Å². The van der Waals surface area contributed by atoms with Gasteiger partial charge in [0.15, 0.2) is 0 Å². The Balaban J connectivity index is 2.41. The molecule has 0 atom stereocenters. The smallest absolute Gasteiger partial charge is 0.295 e. The van der Waals surface area contributed by atoms with Gasteiger partial charge in [0, 0.05) is 12.0 Å². The predicted molar refractivity (Wildman–Crippen MR) is 100 cm³/mol. The average molecular weight is 370 g/mol. The summed E-state index contributed by atoms with van der Waals surface area (Å²) in [6.45, 7) is 1.83. The second-order valence-corrected chi connectivity index (χ2v) is 7.41. The fraction of sp³-hybridized carbons (Fsp3) is 0.150. The number of carbonyl (C=O) groups is 1. The summed E-state index contributed by atoms with van der Waals surface area (Å²) in [5, 5.41) is 1.71. The molecule has 0 aliphatic heterocycles. The first kappa shape index (κ1) is 18.1. The molecule has 0 spiro atoms. The van der Waals surface area contributed by atoms with Gasteiger partial charge in [0.25, 0.3) is 10.1 Å². The predicted octanol–water partition coefficient (Wildman–Crippen LogP) is 3.81. The van der Waals surface area contributed by atoms with Gasteiger partial charge >= 0.3 is 0 Å². The molecule has 3 rings (SSSR count). The summed E-state index contributed by atoms with van der Waals surface area (Å²) in [4.78, 5) is 11.1. The molecule has 3 aromatic carbocycles. The molecule has 0 saturated carbocycles. The first-order chi connectivity index (χ1) is 12.3. The molecule has 3 aromatic rings. The number of aldehydes is 1. The Morgan fingerprint density at radius 1 is 1.04 bits per heavy atom. The molecule has 0 amide bonds. The second kappa shape index (κ2) is 6.90. The van der Waals surface area contributed by atoms with E-state index in [2.05, 4.69) is 0 Å². The maximum absolute atomic E-state index is 11.8. The average Bonchev–Trinajstić information content (AvgIpc) is 2.60. The number of benzene rings is 3. The lowest BCUT2D eigenvalue weighted by Gasteiger charge is -2.15. The zero-order valence-electron chi connectivity index (χ0n) is 14.4. The van der Waals surface area contributed by atoms with Gasteiger partial charge in [0.2, 0.25) is 0 Å². The van der Waals surface area contributed by atoms with Crippen molar-refractivity contribution in [2.24, 2.45) is 0 Å². The number of aryl methyl sites for hydroxylation is 1. The minimum Gasteiger partial charge on any atom is -0.497 e. The summed E-state index contributed by atoms with van der Waals surface area (Å²) in [6, 6.07) is 13.8. The Morgan fingerprint density at radius 3 is 2.42 bits per heavy atom. The summed E-state index contributed by atoms with van der Waals surface area (Å²) in [7, 11) is -2.85. The molecule has 0 heterocycles. The maximum Gasteiger partial charge on any atom is 0.295 e. The van der Waals surface area contributed by atoms with Crippen LogP contribution in [0, 0.1) is 6.92 Å². The number of carbonyl (C=O) groups excluding carboxylic acids is 1. The highest BCUT2D eigenvalue weighted by Crippen LogP contribution is 2.36. The van der Waals surface area contributed by atoms with E-state index in [0.29, 0.717) is 22.4 Å². The Labute approximate surface area is 152 Å². The quantitative estimate of drug-likeness (QED) is 0.546. The van der Waals surface area contributed by atoms with Crippen molar-refractivity contribution in [2.45, 2.75) is 18.2 Å². The molecule has 0 aromatic heterocycles. The Morgan fingerprint density at radius 2 is 1.77 bits per heavy atom. The van der Waals surface area contributed by atoms with E-state index in [-0.39, 0.29) is 11.3 Å². The Hall–Kier alpha value is -2.70. The molecule has 6 heteroatoms. The van der Waals surface area contributed by atoms with Gasteiger partial charge in [-0.05, 0) is 47.0 Å². The lowest BCUT2D eigenvalue weighted by Crippen LogP contribution is -2.03. The second-order valence-electron chi connectivity index (χ2n) is 6.02. The van der Waals surface area contributed by atoms with Crippen molar-refractivity contribution >= 4 is 27.2 Å². The first-order valence-electron chi connectivity index (χ1n) is 7.97. The highest BCUT2D eigenvalue weighted by molar-refractivity contribution is 7.86. The number of hydrogen-bond acceptors (Lipinski definition) is 4. The highest BCUT2D eigenvalue weighted by Gasteiger charge is 2.20. The lowest BCUT2D eigenvalue weighted by molar-refractivity contribution is -0.107. The van der Waals surface area contributed by atoms with Crippen LogP contribution in [0.25, 0.3) is 21.9 Å². The van der Waals surface area contributed by atoms with Gasteiger partial charge in [0.05, 0.1) is 7.11 Å². The van der Waals surface area contributed by atoms with Crippen LogP contribution in [0.4, 0.5) is 0 Å². The van der Waals surface area contributed by atoms with E-state index in [1.807, 2.05) is 31.2 Å². The van der Waals surface area contributed by atoms with Gasteiger partial charge in [-0.25, -0.2) is 0 Å². The van der Waals surface area contributed by atoms with Crippen LogP contribution < -0.4 is 4.74 Å². The zero-order valence-corrected chi connectivity index (χ0v) is 15.2. The van der Waals surface area contributed by atoms with E-state index in [1.165, 1.54) is 6.07 Å². The van der Waals surface area contributed by atoms with Crippen molar-refractivity contribution in [3.05, 3.63) is 59.7 Å². The highest BCUT2D eigenvalue weighted by atomic mass is 32.2. The molecule has 0 saturated heterocycles. The molecule has 5 nitrogen and oxygen atoms in total. The standard InChI is InChI=1S/C20H18O5S/c1-13-3-8-20(26(22,23)24)19(11-13)16-7-5-14-4-6-15(25-2)12-18(14)17(16)9-10-21/h3-8,10-12H,9H2,1-2H3,(H,22,23,24). The third-order valence-corrected chi connectivity index (χ3v) is 5.24. The molecule has 0 radical (unpaired) electrons. The summed E-state index contributed by atoms with van der Waals surface area (Å²) in [5.74, 6) is 0.640. The van der Waals surface area contributed by atoms with Crippen LogP contribution in [0.15, 0.2) is 53.4 Å². The normalized spacial score (nSPS) is 11.5. The summed E-state index contributed by atoms with van der Waals surface area (Å²) in [6.07, 6.45) is 0.888. The SMILES string of the molecule is COc1ccc2ccc(-c3cc(C)ccc3S(=O)(=O)O)c(CC=O)c2c1. The largest absolute Gasteiger partial charge is 0.497 e. The third kappa shape index (κ3) is 3.34. The summed E-state index contributed by atoms with van der Waals surface area (Å²) < 4.78 is 38.6. The number of fused-ring (bicyclic) bond motifs is 1. The van der Waals surface area contributed by atoms with E-state index < -0.39 is 10.1 Å². The molecule has 134 valence electrons. The zero-order chi connectivity index (χ0) is 18.9. The van der Waals surface area contributed by atoms with Crippen LogP contribution in [0.2, 0.25) is 0 Å². The monoisotopic (exact) mass is 370 g/mol. The maximum atomic E-state index is 11.8. The molecule has 26 heavy (non-hydrogen) atoms. The molecule has 1 N–H and O–H groups in total. The van der Waals surface area contributed by atoms with Gasteiger partial charge in [-0.3, -0.25) is 4.55 Å². The van der Waals surface area contributed by atoms with Crippen LogP contribution >= 0.6 is 0 Å². The fourth-order valence-electron chi connectivity index (χ4n) is 3.12. The number of methoxy groups -OCH3 is 1. The molecular weight excluding hydrogens is 352 g/mol. The summed E-state index contributed by atoms with van der Waals surface area (Å²) in [5.41, 5.74) is 2.49. The first-order valence-corrected chi connectivity index (χ1v) is 9.41. The van der Waals surface area contributed by atoms with Crippen molar-refractivity contribution < 1.29 is 22.5 Å². The van der Waals surface area contributed by atoms with E-state index in [0.717, 1.165) is 22.6 Å². The van der Waals surface area contributed by atoms with Gasteiger partial charge in [0.1, 0.15) is 16.9 Å². The van der Waals surface area contributed by atoms with Crippen LogP contribution in [0.3, 0.4) is 0 Å². The third-order valence-electron chi connectivity index (χ3n) is 4.33. The lowest BCUT2D eigenvalue weighted by atomic mass is 9.92. The van der Waals surface area contributed by atoms with Gasteiger partial charge in [-0.15, -0.1) is 0 Å². The topological polar surface area (TPSA) is 80.7 Å². The molecule has 0 aliphatic carbocycles. The van der Waals surface area contributed by atoms with Crippen molar-refractivity contribution in [2.75, 3.05) is 7.11 Å². The molecule has 0 fully saturated rings. The van der Waals surface area contributed by atoms with Crippen LogP contribution in [0.1, 0.15) is 11.1 Å². The van der Waals surface area contributed by atoms with E-state index in [4.69, 9.17) is 4.74 Å². The molecule has 0 unspecified atom stereocenters. The molecule has 0 aliphatic rings. The van der Waals surface area contributed by atoms with Crippen LogP contribution in [-0.4, -0.2) is 26.4 Å². The van der Waals surface area contributed by atoms with Crippen LogP contribution in [0.5, 0.6) is 5.75 Å². The van der Waals surface area contributed by atoms with Gasteiger partial charge < -0.3 is 9.53 Å². The fourth-order valence-corrected chi connectivity index (χ4v) is 3.81. The van der Waals surface area contributed by atoms with Crippen molar-refractivity contribution in [1.29, 1.82) is 0 Å². The van der Waals surface area contributed by atoms with Gasteiger partial charge in [-0.1, -0.05) is 35.9 Å². The minimum atomic E-state index is -4.41.